The summed E-state index contributed by atoms with van der Waals surface area (Å²) in [5.74, 6) is 0. The Morgan fingerprint density at radius 3 is 2.41 bits per heavy atom. The van der Waals surface area contributed by atoms with Gasteiger partial charge in [0.25, 0.3) is 0 Å². The van der Waals surface area contributed by atoms with Crippen molar-refractivity contribution in [2.75, 3.05) is 32.9 Å². The van der Waals surface area contributed by atoms with Crippen molar-refractivity contribution in [1.29, 1.82) is 0 Å². The first-order valence-electron chi connectivity index (χ1n) is 5.73. The molecule has 0 radical (unpaired) electrons. The van der Waals surface area contributed by atoms with Crippen molar-refractivity contribution in [1.82, 2.24) is 5.32 Å². The van der Waals surface area contributed by atoms with Gasteiger partial charge in [-0.05, 0) is 18.3 Å². The van der Waals surface area contributed by atoms with E-state index in [0.717, 1.165) is 12.8 Å². The lowest BCUT2D eigenvalue weighted by Crippen LogP contribution is -2.32. The molecule has 0 rings (SSSR count). The average molecular weight is 257 g/mol. The van der Waals surface area contributed by atoms with E-state index in [4.69, 9.17) is 5.11 Å². The number of nitrogens with one attached hydrogen (secondary N) is 1. The zero-order valence-electron chi connectivity index (χ0n) is 10.4. The molecule has 0 aliphatic heterocycles. The van der Waals surface area contributed by atoms with Crippen LogP contribution in [0.25, 0.3) is 0 Å². The van der Waals surface area contributed by atoms with Crippen LogP contribution in [0.3, 0.4) is 0 Å². The van der Waals surface area contributed by atoms with E-state index >= 15 is 0 Å². The van der Waals surface area contributed by atoms with E-state index in [1.54, 1.807) is 0 Å². The van der Waals surface area contributed by atoms with Gasteiger partial charge < -0.3 is 15.2 Å². The van der Waals surface area contributed by atoms with Crippen LogP contribution in [0, 0.1) is 5.41 Å². The Kier molecular flexibility index (Phi) is 7.74. The molecule has 0 unspecified atom stereocenters. The summed E-state index contributed by atoms with van der Waals surface area (Å²) in [6.07, 6.45) is -2.64. The maximum absolute atomic E-state index is 11.7. The Hall–Kier alpha value is -0.330. The Balaban J connectivity index is 3.44. The van der Waals surface area contributed by atoms with Gasteiger partial charge in [0, 0.05) is 19.7 Å². The Labute approximate surface area is 100 Å². The van der Waals surface area contributed by atoms with Crippen molar-refractivity contribution in [3.63, 3.8) is 0 Å². The molecule has 0 aromatic heterocycles. The molecule has 0 aromatic rings. The fourth-order valence-corrected chi connectivity index (χ4v) is 1.41. The van der Waals surface area contributed by atoms with Gasteiger partial charge >= 0.3 is 6.18 Å². The van der Waals surface area contributed by atoms with Gasteiger partial charge in [0.1, 0.15) is 6.61 Å². The van der Waals surface area contributed by atoms with E-state index in [-0.39, 0.29) is 18.6 Å². The minimum atomic E-state index is -4.25. The maximum Gasteiger partial charge on any atom is 0.411 e. The van der Waals surface area contributed by atoms with E-state index in [0.29, 0.717) is 13.1 Å². The number of hydrogen-bond donors (Lipinski definition) is 2. The molecule has 0 amide bonds. The zero-order chi connectivity index (χ0) is 13.4. The summed E-state index contributed by atoms with van der Waals surface area (Å²) in [6.45, 7) is 4.22. The molecule has 0 spiro atoms. The monoisotopic (exact) mass is 257 g/mol. The van der Waals surface area contributed by atoms with E-state index in [2.05, 4.69) is 10.1 Å². The molecular weight excluding hydrogens is 235 g/mol. The van der Waals surface area contributed by atoms with Crippen LogP contribution in [0.2, 0.25) is 0 Å². The molecule has 0 atom stereocenters. The van der Waals surface area contributed by atoms with Crippen LogP contribution in [0.5, 0.6) is 0 Å². The summed E-state index contributed by atoms with van der Waals surface area (Å²) >= 11 is 0. The van der Waals surface area contributed by atoms with Gasteiger partial charge in [-0.2, -0.15) is 13.2 Å². The normalized spacial score (nSPS) is 13.1. The number of aliphatic hydroxyl groups is 1. The highest BCUT2D eigenvalue weighted by atomic mass is 19.4. The molecule has 0 saturated carbocycles. The summed E-state index contributed by atoms with van der Waals surface area (Å²) in [4.78, 5) is 0. The third kappa shape index (κ3) is 11.9. The lowest BCUT2D eigenvalue weighted by atomic mass is 9.88. The smallest absolute Gasteiger partial charge is 0.396 e. The minimum absolute atomic E-state index is 0.0345. The van der Waals surface area contributed by atoms with Crippen LogP contribution in [-0.4, -0.2) is 44.2 Å². The lowest BCUT2D eigenvalue weighted by molar-refractivity contribution is -0.173. The van der Waals surface area contributed by atoms with Crippen LogP contribution >= 0.6 is 0 Å². The summed E-state index contributed by atoms with van der Waals surface area (Å²) in [7, 11) is 0. The molecule has 2 N–H and O–H groups in total. The second kappa shape index (κ2) is 7.89. The number of hydrogen-bond acceptors (Lipinski definition) is 3. The van der Waals surface area contributed by atoms with Gasteiger partial charge in [-0.25, -0.2) is 0 Å². The number of halogens is 3. The van der Waals surface area contributed by atoms with E-state index in [9.17, 15) is 13.2 Å². The quantitative estimate of drug-likeness (QED) is 0.620. The predicted molar refractivity (Wildman–Crippen MR) is 59.8 cm³/mol. The molecule has 0 aromatic carbocycles. The SMILES string of the molecule is CC(C)(CCCO)CNCCOCC(F)(F)F. The second-order valence-corrected chi connectivity index (χ2v) is 4.84. The fourth-order valence-electron chi connectivity index (χ4n) is 1.41. The molecule has 0 aliphatic carbocycles. The van der Waals surface area contributed by atoms with Crippen molar-refractivity contribution < 1.29 is 23.0 Å². The van der Waals surface area contributed by atoms with E-state index < -0.39 is 12.8 Å². The number of alkyl halides is 3. The van der Waals surface area contributed by atoms with Crippen LogP contribution in [0.4, 0.5) is 13.2 Å². The highest BCUT2D eigenvalue weighted by molar-refractivity contribution is 4.71. The highest BCUT2D eigenvalue weighted by Gasteiger charge is 2.27. The molecule has 0 fully saturated rings. The summed E-state index contributed by atoms with van der Waals surface area (Å²) in [6, 6.07) is 0. The third-order valence-electron chi connectivity index (χ3n) is 2.30. The minimum Gasteiger partial charge on any atom is -0.396 e. The van der Waals surface area contributed by atoms with Gasteiger partial charge in [0.15, 0.2) is 0 Å². The topological polar surface area (TPSA) is 41.5 Å². The van der Waals surface area contributed by atoms with Crippen LogP contribution in [0.1, 0.15) is 26.7 Å². The molecule has 6 heteroatoms. The predicted octanol–water partition coefficient (Wildman–Crippen LogP) is 1.95. The van der Waals surface area contributed by atoms with E-state index in [1.165, 1.54) is 0 Å². The van der Waals surface area contributed by atoms with Gasteiger partial charge in [-0.3, -0.25) is 0 Å². The Morgan fingerprint density at radius 2 is 1.88 bits per heavy atom. The van der Waals surface area contributed by atoms with Gasteiger partial charge in [0.05, 0.1) is 6.61 Å². The molecule has 0 bridgehead atoms. The van der Waals surface area contributed by atoms with Crippen molar-refractivity contribution >= 4 is 0 Å². The highest BCUT2D eigenvalue weighted by Crippen LogP contribution is 2.20. The lowest BCUT2D eigenvalue weighted by Gasteiger charge is -2.24. The standard InChI is InChI=1S/C11H22F3NO2/c1-10(2,4-3-6-16)8-15-5-7-17-9-11(12,13)14/h15-16H,3-9H2,1-2H3. The molecule has 0 aliphatic rings. The summed E-state index contributed by atoms with van der Waals surface area (Å²) in [5.41, 5.74) is 0.0345. The summed E-state index contributed by atoms with van der Waals surface area (Å²) < 4.78 is 39.6. The van der Waals surface area contributed by atoms with Gasteiger partial charge in [0.2, 0.25) is 0 Å². The first kappa shape index (κ1) is 16.7. The molecule has 3 nitrogen and oxygen atoms in total. The van der Waals surface area contributed by atoms with Crippen LogP contribution in [-0.2, 0) is 4.74 Å². The molecular formula is C11H22F3NO2. The van der Waals surface area contributed by atoms with Gasteiger partial charge in [-0.15, -0.1) is 0 Å². The number of rotatable bonds is 9. The van der Waals surface area contributed by atoms with Crippen LogP contribution < -0.4 is 5.32 Å². The molecule has 17 heavy (non-hydrogen) atoms. The maximum atomic E-state index is 11.7. The van der Waals surface area contributed by atoms with Crippen molar-refractivity contribution in [3.05, 3.63) is 0 Å². The largest absolute Gasteiger partial charge is 0.411 e. The van der Waals surface area contributed by atoms with Gasteiger partial charge in [-0.1, -0.05) is 13.8 Å². The zero-order valence-corrected chi connectivity index (χ0v) is 10.4. The Morgan fingerprint density at radius 1 is 1.24 bits per heavy atom. The number of aliphatic hydroxyl groups excluding tert-OH is 1. The van der Waals surface area contributed by atoms with E-state index in [1.807, 2.05) is 13.8 Å². The van der Waals surface area contributed by atoms with Crippen molar-refractivity contribution in [2.45, 2.75) is 32.9 Å². The molecule has 0 saturated heterocycles. The molecule has 104 valence electrons. The first-order valence-corrected chi connectivity index (χ1v) is 5.73. The van der Waals surface area contributed by atoms with Crippen molar-refractivity contribution in [3.8, 4) is 0 Å². The third-order valence-corrected chi connectivity index (χ3v) is 2.30. The average Bonchev–Trinajstić information content (AvgIpc) is 2.19. The van der Waals surface area contributed by atoms with Crippen molar-refractivity contribution in [2.24, 2.45) is 5.41 Å². The number of ether oxygens (including phenoxy) is 1. The first-order chi connectivity index (χ1) is 7.77. The fraction of sp³-hybridized carbons (Fsp3) is 1.00. The summed E-state index contributed by atoms with van der Waals surface area (Å²) in [5, 5.41) is 11.7. The second-order valence-electron chi connectivity index (χ2n) is 4.84. The Bertz CT molecular complexity index is 196. The van der Waals surface area contributed by atoms with Crippen LogP contribution in [0.15, 0.2) is 0 Å². The molecule has 0 heterocycles.